The molecule has 0 atom stereocenters. The quantitative estimate of drug-likeness (QED) is 0.684. The third-order valence-corrected chi connectivity index (χ3v) is 2.92. The largest absolute Gasteiger partial charge is 0.462 e. The molecule has 0 radical (unpaired) electrons. The summed E-state index contributed by atoms with van der Waals surface area (Å²) in [4.78, 5) is 12.0. The van der Waals surface area contributed by atoms with E-state index in [9.17, 15) is 4.79 Å². The highest BCUT2D eigenvalue weighted by atomic mass is 16.5. The Morgan fingerprint density at radius 3 is 2.38 bits per heavy atom. The normalized spacial score (nSPS) is 10.2. The van der Waals surface area contributed by atoms with Gasteiger partial charge < -0.3 is 15.2 Å². The molecule has 0 fully saturated rings. The molecule has 0 aromatic heterocycles. The second kappa shape index (κ2) is 6.31. The van der Waals surface area contributed by atoms with Crippen molar-refractivity contribution in [1.29, 1.82) is 0 Å². The summed E-state index contributed by atoms with van der Waals surface area (Å²) in [5.74, 6) is 0.680. The molecule has 2 N–H and O–H groups in total. The number of hydrogen-bond acceptors (Lipinski definition) is 4. The molecule has 0 spiro atoms. The van der Waals surface area contributed by atoms with Crippen molar-refractivity contribution >= 4 is 11.7 Å². The maximum Gasteiger partial charge on any atom is 0.342 e. The van der Waals surface area contributed by atoms with E-state index in [4.69, 9.17) is 15.2 Å². The van der Waals surface area contributed by atoms with Crippen molar-refractivity contribution in [2.24, 2.45) is 0 Å². The zero-order valence-electron chi connectivity index (χ0n) is 12.5. The molecule has 2 aromatic carbocycles. The van der Waals surface area contributed by atoms with Gasteiger partial charge in [-0.25, -0.2) is 4.79 Å². The standard InChI is InChI=1S/C17H19NO3/c1-4-20-17(19)15-10-13(18)5-6-16(15)21-14-8-11(2)7-12(3)9-14/h5-10H,4,18H2,1-3H3. The summed E-state index contributed by atoms with van der Waals surface area (Å²) in [7, 11) is 0. The zero-order valence-corrected chi connectivity index (χ0v) is 12.5. The van der Waals surface area contributed by atoms with Gasteiger partial charge in [-0.05, 0) is 62.2 Å². The van der Waals surface area contributed by atoms with Crippen LogP contribution in [-0.2, 0) is 4.74 Å². The number of aryl methyl sites for hydroxylation is 2. The molecular formula is C17H19NO3. The van der Waals surface area contributed by atoms with Crippen LogP contribution >= 0.6 is 0 Å². The molecule has 2 aromatic rings. The van der Waals surface area contributed by atoms with Crippen LogP contribution in [0, 0.1) is 13.8 Å². The molecule has 2 rings (SSSR count). The van der Waals surface area contributed by atoms with Crippen molar-refractivity contribution < 1.29 is 14.3 Å². The zero-order chi connectivity index (χ0) is 15.4. The molecule has 21 heavy (non-hydrogen) atoms. The maximum atomic E-state index is 12.0. The van der Waals surface area contributed by atoms with Gasteiger partial charge in [0, 0.05) is 5.69 Å². The minimum absolute atomic E-state index is 0.302. The predicted octanol–water partition coefficient (Wildman–Crippen LogP) is 3.85. The lowest BCUT2D eigenvalue weighted by molar-refractivity contribution is 0.0523. The minimum Gasteiger partial charge on any atom is -0.462 e. The SMILES string of the molecule is CCOC(=O)c1cc(N)ccc1Oc1cc(C)cc(C)c1. The van der Waals surface area contributed by atoms with E-state index in [1.807, 2.05) is 26.0 Å². The molecule has 4 heteroatoms. The molecule has 0 saturated heterocycles. The molecule has 0 heterocycles. The second-order valence-corrected chi connectivity index (χ2v) is 4.90. The number of nitrogens with two attached hydrogens (primary N) is 1. The Balaban J connectivity index is 2.37. The van der Waals surface area contributed by atoms with Gasteiger partial charge in [-0.2, -0.15) is 0 Å². The summed E-state index contributed by atoms with van der Waals surface area (Å²) in [5, 5.41) is 0. The summed E-state index contributed by atoms with van der Waals surface area (Å²) in [6.07, 6.45) is 0. The van der Waals surface area contributed by atoms with Crippen LogP contribution in [0.5, 0.6) is 11.5 Å². The molecule has 0 unspecified atom stereocenters. The maximum absolute atomic E-state index is 12.0. The highest BCUT2D eigenvalue weighted by Gasteiger charge is 2.15. The molecule has 0 saturated carbocycles. The lowest BCUT2D eigenvalue weighted by Crippen LogP contribution is -2.07. The second-order valence-electron chi connectivity index (χ2n) is 4.90. The lowest BCUT2D eigenvalue weighted by atomic mass is 10.1. The number of carbonyl (C=O) groups excluding carboxylic acids is 1. The van der Waals surface area contributed by atoms with E-state index >= 15 is 0 Å². The molecule has 0 amide bonds. The Morgan fingerprint density at radius 1 is 1.10 bits per heavy atom. The van der Waals surface area contributed by atoms with Crippen LogP contribution in [-0.4, -0.2) is 12.6 Å². The number of hydrogen-bond donors (Lipinski definition) is 1. The number of carbonyl (C=O) groups is 1. The van der Waals surface area contributed by atoms with Gasteiger partial charge in [0.05, 0.1) is 6.61 Å². The van der Waals surface area contributed by atoms with Crippen molar-refractivity contribution in [2.75, 3.05) is 12.3 Å². The van der Waals surface area contributed by atoms with Crippen molar-refractivity contribution in [1.82, 2.24) is 0 Å². The van der Waals surface area contributed by atoms with Gasteiger partial charge in [0.2, 0.25) is 0 Å². The number of rotatable bonds is 4. The van der Waals surface area contributed by atoms with Crippen molar-refractivity contribution in [3.63, 3.8) is 0 Å². The first-order valence-electron chi connectivity index (χ1n) is 6.82. The summed E-state index contributed by atoms with van der Waals surface area (Å²) < 4.78 is 10.9. The van der Waals surface area contributed by atoms with Crippen LogP contribution in [0.2, 0.25) is 0 Å². The van der Waals surface area contributed by atoms with Gasteiger partial charge >= 0.3 is 5.97 Å². The fourth-order valence-corrected chi connectivity index (χ4v) is 2.12. The summed E-state index contributed by atoms with van der Waals surface area (Å²) in [6.45, 7) is 6.05. The summed E-state index contributed by atoms with van der Waals surface area (Å²) >= 11 is 0. The Morgan fingerprint density at radius 2 is 1.76 bits per heavy atom. The van der Waals surface area contributed by atoms with E-state index in [0.717, 1.165) is 11.1 Å². The van der Waals surface area contributed by atoms with Crippen LogP contribution < -0.4 is 10.5 Å². The van der Waals surface area contributed by atoms with Gasteiger partial charge in [-0.3, -0.25) is 0 Å². The Labute approximate surface area is 124 Å². The highest BCUT2D eigenvalue weighted by molar-refractivity contribution is 5.93. The van der Waals surface area contributed by atoms with E-state index in [-0.39, 0.29) is 0 Å². The number of nitrogen functional groups attached to an aromatic ring is 1. The van der Waals surface area contributed by atoms with E-state index in [1.54, 1.807) is 25.1 Å². The number of esters is 1. The van der Waals surface area contributed by atoms with Gasteiger partial charge in [0.15, 0.2) is 0 Å². The average molecular weight is 285 g/mol. The first-order chi connectivity index (χ1) is 9.99. The average Bonchev–Trinajstić information content (AvgIpc) is 2.40. The molecule has 4 nitrogen and oxygen atoms in total. The van der Waals surface area contributed by atoms with E-state index in [0.29, 0.717) is 29.4 Å². The van der Waals surface area contributed by atoms with E-state index < -0.39 is 5.97 Å². The monoisotopic (exact) mass is 285 g/mol. The van der Waals surface area contributed by atoms with Crippen LogP contribution in [0.25, 0.3) is 0 Å². The fourth-order valence-electron chi connectivity index (χ4n) is 2.12. The Kier molecular flexibility index (Phi) is 4.48. The van der Waals surface area contributed by atoms with Gasteiger partial charge in [-0.15, -0.1) is 0 Å². The minimum atomic E-state index is -0.441. The summed E-state index contributed by atoms with van der Waals surface area (Å²) in [6, 6.07) is 10.8. The first-order valence-corrected chi connectivity index (χ1v) is 6.82. The Bertz CT molecular complexity index is 645. The van der Waals surface area contributed by atoms with Crippen molar-refractivity contribution in [3.05, 3.63) is 53.1 Å². The van der Waals surface area contributed by atoms with Gasteiger partial charge in [0.1, 0.15) is 17.1 Å². The van der Waals surface area contributed by atoms with Gasteiger partial charge in [0.25, 0.3) is 0 Å². The predicted molar refractivity (Wildman–Crippen MR) is 82.8 cm³/mol. The van der Waals surface area contributed by atoms with Crippen LogP contribution in [0.1, 0.15) is 28.4 Å². The van der Waals surface area contributed by atoms with E-state index in [2.05, 4.69) is 6.07 Å². The van der Waals surface area contributed by atoms with Crippen LogP contribution in [0.3, 0.4) is 0 Å². The fraction of sp³-hybridized carbons (Fsp3) is 0.235. The molecular weight excluding hydrogens is 266 g/mol. The summed E-state index contributed by atoms with van der Waals surface area (Å²) in [5.41, 5.74) is 8.75. The molecule has 0 aliphatic rings. The first kappa shape index (κ1) is 14.9. The van der Waals surface area contributed by atoms with Crippen LogP contribution in [0.15, 0.2) is 36.4 Å². The Hall–Kier alpha value is -2.49. The molecule has 0 bridgehead atoms. The highest BCUT2D eigenvalue weighted by Crippen LogP contribution is 2.29. The number of ether oxygens (including phenoxy) is 2. The molecule has 0 aliphatic carbocycles. The van der Waals surface area contributed by atoms with Gasteiger partial charge in [-0.1, -0.05) is 6.07 Å². The molecule has 110 valence electrons. The smallest absolute Gasteiger partial charge is 0.342 e. The topological polar surface area (TPSA) is 61.5 Å². The van der Waals surface area contributed by atoms with Crippen LogP contribution in [0.4, 0.5) is 5.69 Å². The van der Waals surface area contributed by atoms with Crippen molar-refractivity contribution in [2.45, 2.75) is 20.8 Å². The third-order valence-electron chi connectivity index (χ3n) is 2.92. The lowest BCUT2D eigenvalue weighted by Gasteiger charge is -2.12. The van der Waals surface area contributed by atoms with Crippen molar-refractivity contribution in [3.8, 4) is 11.5 Å². The number of benzene rings is 2. The molecule has 0 aliphatic heterocycles. The number of anilines is 1. The third kappa shape index (κ3) is 3.75. The van der Waals surface area contributed by atoms with E-state index in [1.165, 1.54) is 0 Å².